The van der Waals surface area contributed by atoms with Crippen LogP contribution in [0.2, 0.25) is 0 Å². The second kappa shape index (κ2) is 25.5. The fraction of sp³-hybridized carbons (Fsp3) is 0.793. The van der Waals surface area contributed by atoms with Gasteiger partial charge in [-0.2, -0.15) is 0 Å². The molecule has 0 heterocycles. The number of hydrogen-bond donors (Lipinski definition) is 1. The van der Waals surface area contributed by atoms with E-state index in [9.17, 15) is 28.8 Å². The fourth-order valence-corrected chi connectivity index (χ4v) is 3.39. The predicted molar refractivity (Wildman–Crippen MR) is 156 cm³/mol. The molecule has 14 nitrogen and oxygen atoms in total. The number of esters is 1. The molecule has 0 aliphatic heterocycles. The monoisotopic (exact) mass is 617 g/mol. The summed E-state index contributed by atoms with van der Waals surface area (Å²) in [5, 5.41) is 2.71. The van der Waals surface area contributed by atoms with E-state index in [1.54, 1.807) is 27.8 Å². The van der Waals surface area contributed by atoms with Crippen LogP contribution in [0.3, 0.4) is 0 Å². The third kappa shape index (κ3) is 25.3. The minimum absolute atomic E-state index is 0.0538. The summed E-state index contributed by atoms with van der Waals surface area (Å²) < 4.78 is 27.0. The van der Waals surface area contributed by atoms with Gasteiger partial charge in [0.25, 0.3) is 0 Å². The van der Waals surface area contributed by atoms with Gasteiger partial charge in [-0.25, -0.2) is 0 Å². The molecule has 0 spiro atoms. The molecule has 0 aliphatic rings. The van der Waals surface area contributed by atoms with E-state index in [0.29, 0.717) is 59.1 Å². The Morgan fingerprint density at radius 2 is 1.21 bits per heavy atom. The maximum Gasteiger partial charge on any atom is 0.308 e. The third-order valence-electron chi connectivity index (χ3n) is 5.60. The summed E-state index contributed by atoms with van der Waals surface area (Å²) in [5.74, 6) is -0.956. The lowest BCUT2D eigenvalue weighted by atomic mass is 10.2. The van der Waals surface area contributed by atoms with E-state index in [1.165, 1.54) is 9.80 Å². The standard InChI is InChI=1S/C29H51N3O11/c1-29(2,3)43-28(38)9-14-32(12-6-16-34)27(37)10-17-39-19-21-41-23-24-42-22-20-40-18-11-30-25(35)8-13-31(4)26(36)7-5-15-33/h15-16H,5-14,17-24H2,1-4H3,(H,30,35). The number of ether oxygens (including phenoxy) is 5. The van der Waals surface area contributed by atoms with Gasteiger partial charge in [0.2, 0.25) is 17.7 Å². The van der Waals surface area contributed by atoms with Crippen molar-refractivity contribution < 1.29 is 52.5 Å². The molecule has 0 aliphatic carbocycles. The number of carbonyl (C=O) groups excluding carboxylic acids is 6. The van der Waals surface area contributed by atoms with Crippen LogP contribution < -0.4 is 5.32 Å². The Bertz CT molecular complexity index is 818. The van der Waals surface area contributed by atoms with Crippen molar-refractivity contribution >= 4 is 36.3 Å². The van der Waals surface area contributed by atoms with Crippen molar-refractivity contribution in [1.29, 1.82) is 0 Å². The van der Waals surface area contributed by atoms with Gasteiger partial charge < -0.3 is 48.4 Å². The van der Waals surface area contributed by atoms with Gasteiger partial charge in [0.15, 0.2) is 0 Å². The molecule has 1 N–H and O–H groups in total. The van der Waals surface area contributed by atoms with E-state index in [2.05, 4.69) is 5.32 Å². The van der Waals surface area contributed by atoms with Crippen LogP contribution in [0.5, 0.6) is 0 Å². The van der Waals surface area contributed by atoms with Crippen LogP contribution in [0.4, 0.5) is 0 Å². The molecule has 0 radical (unpaired) electrons. The zero-order valence-corrected chi connectivity index (χ0v) is 26.3. The average Bonchev–Trinajstić information content (AvgIpc) is 2.95. The minimum atomic E-state index is -0.600. The molecule has 43 heavy (non-hydrogen) atoms. The number of nitrogens with one attached hydrogen (secondary N) is 1. The molecule has 14 heteroatoms. The lowest BCUT2D eigenvalue weighted by molar-refractivity contribution is -0.155. The molecule has 0 aromatic heterocycles. The molecule has 0 rings (SSSR count). The number of aldehydes is 2. The quantitative estimate of drug-likeness (QED) is 0.0776. The Hall–Kier alpha value is -2.94. The minimum Gasteiger partial charge on any atom is -0.460 e. The van der Waals surface area contributed by atoms with Gasteiger partial charge in [-0.3, -0.25) is 19.2 Å². The van der Waals surface area contributed by atoms with E-state index in [-0.39, 0.29) is 82.5 Å². The SMILES string of the molecule is CN(CCC(=O)NCCOCCOCCOCCOCCC(=O)N(CCC=O)CCC(=O)OC(C)(C)C)C(=O)CCC=O. The second-order valence-corrected chi connectivity index (χ2v) is 10.5. The summed E-state index contributed by atoms with van der Waals surface area (Å²) in [7, 11) is 1.60. The third-order valence-corrected chi connectivity index (χ3v) is 5.60. The Morgan fingerprint density at radius 1 is 0.651 bits per heavy atom. The molecular formula is C29H51N3O11. The Kier molecular flexibility index (Phi) is 23.8. The number of amides is 3. The van der Waals surface area contributed by atoms with Gasteiger partial charge in [0, 0.05) is 58.9 Å². The summed E-state index contributed by atoms with van der Waals surface area (Å²) in [6.45, 7) is 9.02. The molecule has 0 unspecified atom stereocenters. The number of nitrogens with zero attached hydrogens (tertiary/aromatic N) is 2. The Morgan fingerprint density at radius 3 is 1.77 bits per heavy atom. The van der Waals surface area contributed by atoms with Crippen LogP contribution >= 0.6 is 0 Å². The van der Waals surface area contributed by atoms with Crippen LogP contribution in [0.25, 0.3) is 0 Å². The molecule has 0 aromatic carbocycles. The highest BCUT2D eigenvalue weighted by atomic mass is 16.6. The summed E-state index contributed by atoms with van der Waals surface area (Å²) in [4.78, 5) is 71.9. The summed E-state index contributed by atoms with van der Waals surface area (Å²) in [6.07, 6.45) is 2.30. The van der Waals surface area contributed by atoms with Gasteiger partial charge >= 0.3 is 5.97 Å². The Labute approximate surface area is 255 Å². The van der Waals surface area contributed by atoms with Crippen molar-refractivity contribution in [2.75, 3.05) is 86.1 Å². The summed E-state index contributed by atoms with van der Waals surface area (Å²) in [6, 6.07) is 0. The van der Waals surface area contributed by atoms with Crippen molar-refractivity contribution in [3.63, 3.8) is 0 Å². The molecule has 0 saturated heterocycles. The first kappa shape index (κ1) is 40.1. The molecule has 0 fully saturated rings. The van der Waals surface area contributed by atoms with Crippen molar-refractivity contribution in [2.45, 2.75) is 64.9 Å². The maximum atomic E-state index is 12.5. The van der Waals surface area contributed by atoms with Crippen molar-refractivity contribution in [3.05, 3.63) is 0 Å². The zero-order valence-electron chi connectivity index (χ0n) is 26.3. The predicted octanol–water partition coefficient (Wildman–Crippen LogP) is 0.536. The van der Waals surface area contributed by atoms with E-state index in [0.717, 1.165) is 6.29 Å². The topological polar surface area (TPSA) is 167 Å². The first-order chi connectivity index (χ1) is 20.5. The number of carbonyl (C=O) groups is 6. The first-order valence-electron chi connectivity index (χ1n) is 14.7. The van der Waals surface area contributed by atoms with Crippen LogP contribution in [0.15, 0.2) is 0 Å². The fourth-order valence-electron chi connectivity index (χ4n) is 3.39. The molecular weight excluding hydrogens is 566 g/mol. The lowest BCUT2D eigenvalue weighted by Gasteiger charge is -2.23. The van der Waals surface area contributed by atoms with Gasteiger partial charge in [0.1, 0.15) is 18.2 Å². The van der Waals surface area contributed by atoms with E-state index in [4.69, 9.17) is 23.7 Å². The van der Waals surface area contributed by atoms with E-state index >= 15 is 0 Å². The maximum absolute atomic E-state index is 12.5. The van der Waals surface area contributed by atoms with E-state index in [1.807, 2.05) is 0 Å². The van der Waals surface area contributed by atoms with Gasteiger partial charge in [-0.1, -0.05) is 0 Å². The molecule has 248 valence electrons. The van der Waals surface area contributed by atoms with Crippen molar-refractivity contribution in [2.24, 2.45) is 0 Å². The van der Waals surface area contributed by atoms with Gasteiger partial charge in [-0.05, 0) is 20.8 Å². The lowest BCUT2D eigenvalue weighted by Crippen LogP contribution is -2.35. The van der Waals surface area contributed by atoms with Gasteiger partial charge in [-0.15, -0.1) is 0 Å². The van der Waals surface area contributed by atoms with Gasteiger partial charge in [0.05, 0.1) is 65.7 Å². The van der Waals surface area contributed by atoms with Crippen LogP contribution in [-0.2, 0) is 52.5 Å². The first-order valence-corrected chi connectivity index (χ1v) is 14.7. The van der Waals surface area contributed by atoms with Crippen LogP contribution in [0.1, 0.15) is 59.3 Å². The Balaban J connectivity index is 3.71. The number of rotatable bonds is 27. The highest BCUT2D eigenvalue weighted by molar-refractivity contribution is 5.80. The average molecular weight is 618 g/mol. The highest BCUT2D eigenvalue weighted by Crippen LogP contribution is 2.09. The molecule has 0 aromatic rings. The number of hydrogen-bond acceptors (Lipinski definition) is 11. The van der Waals surface area contributed by atoms with Crippen LogP contribution in [0, 0.1) is 0 Å². The highest BCUT2D eigenvalue weighted by Gasteiger charge is 2.19. The molecule has 0 saturated carbocycles. The smallest absolute Gasteiger partial charge is 0.308 e. The van der Waals surface area contributed by atoms with Crippen molar-refractivity contribution in [1.82, 2.24) is 15.1 Å². The normalized spacial score (nSPS) is 11.1. The summed E-state index contributed by atoms with van der Waals surface area (Å²) >= 11 is 0. The second-order valence-electron chi connectivity index (χ2n) is 10.5. The molecule has 3 amide bonds. The molecule has 0 bridgehead atoms. The largest absolute Gasteiger partial charge is 0.460 e. The molecule has 0 atom stereocenters. The van der Waals surface area contributed by atoms with Crippen molar-refractivity contribution in [3.8, 4) is 0 Å². The van der Waals surface area contributed by atoms with Crippen LogP contribution in [-0.4, -0.2) is 138 Å². The summed E-state index contributed by atoms with van der Waals surface area (Å²) in [5.41, 5.74) is -0.600. The van der Waals surface area contributed by atoms with E-state index < -0.39 is 11.6 Å². The zero-order chi connectivity index (χ0) is 32.3.